The SMILES string of the molecule is N#CC1c2ccccc2N(C(=O)c2ccccc2)C(C#N)N1C(=O)c1ccccc1. The van der Waals surface area contributed by atoms with Crippen LogP contribution in [0.5, 0.6) is 0 Å². The second kappa shape index (κ2) is 7.90. The van der Waals surface area contributed by atoms with Crippen LogP contribution in [-0.2, 0) is 0 Å². The van der Waals surface area contributed by atoms with E-state index in [9.17, 15) is 20.1 Å². The van der Waals surface area contributed by atoms with E-state index >= 15 is 0 Å². The summed E-state index contributed by atoms with van der Waals surface area (Å²) >= 11 is 0. The molecule has 0 bridgehead atoms. The number of amides is 2. The Labute approximate surface area is 173 Å². The molecule has 0 saturated heterocycles. The predicted molar refractivity (Wildman–Crippen MR) is 110 cm³/mol. The van der Waals surface area contributed by atoms with Crippen LogP contribution < -0.4 is 4.90 Å². The monoisotopic (exact) mass is 392 g/mol. The average molecular weight is 392 g/mol. The second-order valence-corrected chi connectivity index (χ2v) is 6.71. The van der Waals surface area contributed by atoms with Gasteiger partial charge in [-0.25, -0.2) is 0 Å². The number of fused-ring (bicyclic) bond motifs is 1. The van der Waals surface area contributed by atoms with Crippen molar-refractivity contribution in [3.8, 4) is 12.1 Å². The molecule has 2 atom stereocenters. The molecular formula is C24H16N4O2. The number of rotatable bonds is 2. The molecule has 3 aromatic rings. The maximum atomic E-state index is 13.4. The smallest absolute Gasteiger partial charge is 0.260 e. The molecule has 0 saturated carbocycles. The molecule has 30 heavy (non-hydrogen) atoms. The summed E-state index contributed by atoms with van der Waals surface area (Å²) in [5.74, 6) is -0.911. The van der Waals surface area contributed by atoms with Crippen molar-refractivity contribution >= 4 is 17.5 Å². The van der Waals surface area contributed by atoms with E-state index in [4.69, 9.17) is 0 Å². The van der Waals surface area contributed by atoms with Gasteiger partial charge in [0, 0.05) is 16.7 Å². The molecule has 0 spiro atoms. The Balaban J connectivity index is 1.90. The zero-order chi connectivity index (χ0) is 21.1. The van der Waals surface area contributed by atoms with Crippen molar-refractivity contribution in [1.82, 2.24) is 4.90 Å². The highest BCUT2D eigenvalue weighted by molar-refractivity contribution is 6.08. The van der Waals surface area contributed by atoms with Crippen LogP contribution in [-0.4, -0.2) is 22.9 Å². The van der Waals surface area contributed by atoms with Gasteiger partial charge in [-0.2, -0.15) is 10.5 Å². The third-order valence-electron chi connectivity index (χ3n) is 5.01. The van der Waals surface area contributed by atoms with Gasteiger partial charge in [-0.3, -0.25) is 19.4 Å². The highest BCUT2D eigenvalue weighted by Crippen LogP contribution is 2.39. The molecule has 2 amide bonds. The summed E-state index contributed by atoms with van der Waals surface area (Å²) in [7, 11) is 0. The average Bonchev–Trinajstić information content (AvgIpc) is 2.82. The Kier molecular flexibility index (Phi) is 4.99. The number of para-hydroxylation sites is 1. The number of carbonyl (C=O) groups is 2. The molecule has 0 aromatic heterocycles. The molecule has 2 unspecified atom stereocenters. The van der Waals surface area contributed by atoms with Gasteiger partial charge in [-0.15, -0.1) is 0 Å². The fourth-order valence-electron chi connectivity index (χ4n) is 3.64. The highest BCUT2D eigenvalue weighted by Gasteiger charge is 2.45. The van der Waals surface area contributed by atoms with E-state index in [1.165, 1.54) is 9.80 Å². The van der Waals surface area contributed by atoms with Gasteiger partial charge in [0.05, 0.1) is 11.8 Å². The molecular weight excluding hydrogens is 376 g/mol. The molecule has 4 rings (SSSR count). The van der Waals surface area contributed by atoms with Crippen LogP contribution in [0.2, 0.25) is 0 Å². The van der Waals surface area contributed by atoms with Crippen molar-refractivity contribution < 1.29 is 9.59 Å². The lowest BCUT2D eigenvalue weighted by molar-refractivity contribution is 0.0638. The fraction of sp³-hybridized carbons (Fsp3) is 0.0833. The summed E-state index contributed by atoms with van der Waals surface area (Å²) in [6, 6.07) is 27.1. The maximum absolute atomic E-state index is 13.4. The summed E-state index contributed by atoms with van der Waals surface area (Å²) in [6.45, 7) is 0. The minimum Gasteiger partial charge on any atom is -0.285 e. The van der Waals surface area contributed by atoms with E-state index in [0.717, 1.165) is 0 Å². The minimum atomic E-state index is -1.27. The lowest BCUT2D eigenvalue weighted by Crippen LogP contribution is -2.57. The Hall–Kier alpha value is -4.42. The van der Waals surface area contributed by atoms with Gasteiger partial charge in [0.15, 0.2) is 0 Å². The number of anilines is 1. The second-order valence-electron chi connectivity index (χ2n) is 6.71. The Morgan fingerprint density at radius 3 is 1.80 bits per heavy atom. The molecule has 0 N–H and O–H groups in total. The summed E-state index contributed by atoms with van der Waals surface area (Å²) in [5, 5.41) is 19.9. The van der Waals surface area contributed by atoms with E-state index < -0.39 is 24.0 Å². The minimum absolute atomic E-state index is 0.337. The molecule has 1 heterocycles. The van der Waals surface area contributed by atoms with Crippen molar-refractivity contribution in [1.29, 1.82) is 10.5 Å². The molecule has 0 aliphatic carbocycles. The van der Waals surface area contributed by atoms with E-state index in [1.54, 1.807) is 84.9 Å². The molecule has 1 aliphatic heterocycles. The maximum Gasteiger partial charge on any atom is 0.260 e. The molecule has 1 aliphatic rings. The van der Waals surface area contributed by atoms with Crippen LogP contribution in [0.3, 0.4) is 0 Å². The summed E-state index contributed by atoms with van der Waals surface area (Å²) in [6.07, 6.45) is -1.27. The number of hydrogen-bond acceptors (Lipinski definition) is 4. The number of carbonyl (C=O) groups excluding carboxylic acids is 2. The van der Waals surface area contributed by atoms with Crippen molar-refractivity contribution in [2.45, 2.75) is 12.2 Å². The van der Waals surface area contributed by atoms with Crippen LogP contribution in [0.25, 0.3) is 0 Å². The van der Waals surface area contributed by atoms with Gasteiger partial charge in [-0.1, -0.05) is 54.6 Å². The first kappa shape index (κ1) is 18.9. The summed E-state index contributed by atoms with van der Waals surface area (Å²) < 4.78 is 0. The largest absolute Gasteiger partial charge is 0.285 e. The lowest BCUT2D eigenvalue weighted by atomic mass is 9.96. The van der Waals surface area contributed by atoms with Gasteiger partial charge in [0.25, 0.3) is 11.8 Å². The van der Waals surface area contributed by atoms with Crippen molar-refractivity contribution in [2.75, 3.05) is 4.90 Å². The van der Waals surface area contributed by atoms with E-state index in [1.807, 2.05) is 0 Å². The molecule has 144 valence electrons. The Morgan fingerprint density at radius 2 is 1.23 bits per heavy atom. The highest BCUT2D eigenvalue weighted by atomic mass is 16.2. The number of hydrogen-bond donors (Lipinski definition) is 0. The molecule has 6 nitrogen and oxygen atoms in total. The van der Waals surface area contributed by atoms with Crippen LogP contribution in [0.15, 0.2) is 84.9 Å². The first-order chi connectivity index (χ1) is 14.7. The van der Waals surface area contributed by atoms with Gasteiger partial charge in [-0.05, 0) is 30.3 Å². The topological polar surface area (TPSA) is 88.2 Å². The molecule has 3 aromatic carbocycles. The van der Waals surface area contributed by atoms with E-state index in [2.05, 4.69) is 12.1 Å². The number of benzene rings is 3. The number of nitriles is 2. The van der Waals surface area contributed by atoms with Gasteiger partial charge in [0.1, 0.15) is 12.1 Å². The van der Waals surface area contributed by atoms with E-state index in [0.29, 0.717) is 22.4 Å². The van der Waals surface area contributed by atoms with Crippen LogP contribution in [0.1, 0.15) is 32.3 Å². The lowest BCUT2D eigenvalue weighted by Gasteiger charge is -2.43. The van der Waals surface area contributed by atoms with Gasteiger partial charge in [0.2, 0.25) is 6.17 Å². The van der Waals surface area contributed by atoms with Gasteiger partial charge >= 0.3 is 0 Å². The van der Waals surface area contributed by atoms with Crippen LogP contribution >= 0.6 is 0 Å². The van der Waals surface area contributed by atoms with E-state index in [-0.39, 0.29) is 0 Å². The van der Waals surface area contributed by atoms with Crippen molar-refractivity contribution in [3.63, 3.8) is 0 Å². The zero-order valence-corrected chi connectivity index (χ0v) is 15.8. The zero-order valence-electron chi connectivity index (χ0n) is 15.8. The third kappa shape index (κ3) is 3.07. The van der Waals surface area contributed by atoms with Crippen LogP contribution in [0.4, 0.5) is 5.69 Å². The van der Waals surface area contributed by atoms with Crippen LogP contribution in [0, 0.1) is 22.7 Å². The summed E-state index contributed by atoms with van der Waals surface area (Å²) in [5.41, 5.74) is 1.67. The van der Waals surface area contributed by atoms with Crippen molar-refractivity contribution in [2.24, 2.45) is 0 Å². The third-order valence-corrected chi connectivity index (χ3v) is 5.01. The molecule has 6 heteroatoms. The fourth-order valence-corrected chi connectivity index (χ4v) is 3.64. The Bertz CT molecular complexity index is 1180. The number of nitrogens with zero attached hydrogens (tertiary/aromatic N) is 4. The normalized spacial score (nSPS) is 17.4. The van der Waals surface area contributed by atoms with Gasteiger partial charge < -0.3 is 0 Å². The predicted octanol–water partition coefficient (Wildman–Crippen LogP) is 3.90. The quantitative estimate of drug-likeness (QED) is 0.662. The molecule has 0 radical (unpaired) electrons. The summed E-state index contributed by atoms with van der Waals surface area (Å²) in [4.78, 5) is 29.2. The first-order valence-corrected chi connectivity index (χ1v) is 9.32. The Morgan fingerprint density at radius 1 is 0.700 bits per heavy atom. The molecule has 0 fully saturated rings. The van der Waals surface area contributed by atoms with Crippen molar-refractivity contribution in [3.05, 3.63) is 102 Å². The first-order valence-electron chi connectivity index (χ1n) is 9.32. The standard InChI is InChI=1S/C24H16N4O2/c25-15-21-19-13-7-8-14-20(19)27(23(29)17-9-3-1-4-10-17)22(16-26)28(21)24(30)18-11-5-2-6-12-18/h1-14,21-22H.